The molecule has 1 N–H and O–H groups in total. The van der Waals surface area contributed by atoms with Crippen molar-refractivity contribution >= 4 is 11.9 Å². The molecule has 1 aliphatic carbocycles. The molecule has 5 rings (SSSR count). The minimum absolute atomic E-state index is 0.125. The SMILES string of the molecule is CCOC(=O)C1(c2ccc(-c3ccc(-c4onc(C)c4Cc4cccc(C(=O)NCCN(C)C)n4)cc3)cc2)CC1. The van der Waals surface area contributed by atoms with E-state index in [1.54, 1.807) is 6.07 Å². The van der Waals surface area contributed by atoms with E-state index in [2.05, 4.69) is 39.7 Å². The average molecular weight is 553 g/mol. The van der Waals surface area contributed by atoms with Gasteiger partial charge in [0, 0.05) is 36.3 Å². The lowest BCUT2D eigenvalue weighted by atomic mass is 9.93. The summed E-state index contributed by atoms with van der Waals surface area (Å²) in [7, 11) is 3.93. The van der Waals surface area contributed by atoms with Crippen molar-refractivity contribution in [2.75, 3.05) is 33.8 Å². The van der Waals surface area contributed by atoms with Gasteiger partial charge in [-0.3, -0.25) is 9.59 Å². The number of esters is 1. The first-order valence-corrected chi connectivity index (χ1v) is 14.0. The highest BCUT2D eigenvalue weighted by atomic mass is 16.5. The normalized spacial score (nSPS) is 13.7. The molecule has 0 bridgehead atoms. The predicted molar refractivity (Wildman–Crippen MR) is 158 cm³/mol. The summed E-state index contributed by atoms with van der Waals surface area (Å²) in [6.07, 6.45) is 2.17. The first-order valence-electron chi connectivity index (χ1n) is 14.0. The van der Waals surface area contributed by atoms with Crippen LogP contribution in [0.25, 0.3) is 22.5 Å². The Labute approximate surface area is 240 Å². The van der Waals surface area contributed by atoms with Crippen LogP contribution in [0.2, 0.25) is 0 Å². The van der Waals surface area contributed by atoms with Gasteiger partial charge >= 0.3 is 5.97 Å². The zero-order valence-electron chi connectivity index (χ0n) is 24.1. The van der Waals surface area contributed by atoms with Crippen LogP contribution < -0.4 is 5.32 Å². The Bertz CT molecular complexity index is 1520. The molecule has 212 valence electrons. The molecule has 2 aromatic carbocycles. The summed E-state index contributed by atoms with van der Waals surface area (Å²) >= 11 is 0. The van der Waals surface area contributed by atoms with Crippen molar-refractivity contribution in [1.82, 2.24) is 20.4 Å². The summed E-state index contributed by atoms with van der Waals surface area (Å²) in [5, 5.41) is 7.14. The van der Waals surface area contributed by atoms with Gasteiger partial charge in [0.25, 0.3) is 5.91 Å². The first-order chi connectivity index (χ1) is 19.8. The molecule has 4 aromatic rings. The zero-order chi connectivity index (χ0) is 29.0. The Hall–Kier alpha value is -4.30. The quantitative estimate of drug-likeness (QED) is 0.256. The molecule has 0 unspecified atom stereocenters. The van der Waals surface area contributed by atoms with Crippen LogP contribution in [0, 0.1) is 6.92 Å². The van der Waals surface area contributed by atoms with E-state index in [4.69, 9.17) is 9.26 Å². The number of hydrogen-bond donors (Lipinski definition) is 1. The second-order valence-corrected chi connectivity index (χ2v) is 10.8. The van der Waals surface area contributed by atoms with Gasteiger partial charge in [0.05, 0.1) is 17.7 Å². The highest BCUT2D eigenvalue weighted by Gasteiger charge is 2.52. The molecule has 1 aliphatic rings. The van der Waals surface area contributed by atoms with Crippen molar-refractivity contribution in [2.24, 2.45) is 0 Å². The van der Waals surface area contributed by atoms with Crippen molar-refractivity contribution in [2.45, 2.75) is 38.5 Å². The van der Waals surface area contributed by atoms with Crippen LogP contribution in [-0.2, 0) is 21.4 Å². The number of aromatic nitrogens is 2. The Morgan fingerprint density at radius 1 is 0.976 bits per heavy atom. The first kappa shape index (κ1) is 28.2. The van der Waals surface area contributed by atoms with Gasteiger partial charge in [0.15, 0.2) is 5.76 Å². The number of nitrogens with zero attached hydrogens (tertiary/aromatic N) is 3. The number of hydrogen-bond acceptors (Lipinski definition) is 7. The molecular weight excluding hydrogens is 516 g/mol. The molecule has 1 amide bonds. The fourth-order valence-electron chi connectivity index (χ4n) is 4.99. The third-order valence-corrected chi connectivity index (χ3v) is 7.56. The fraction of sp³-hybridized carbons (Fsp3) is 0.333. The number of aryl methyl sites for hydroxylation is 1. The van der Waals surface area contributed by atoms with E-state index < -0.39 is 5.41 Å². The molecule has 2 heterocycles. The molecule has 8 nitrogen and oxygen atoms in total. The van der Waals surface area contributed by atoms with Crippen molar-refractivity contribution in [3.63, 3.8) is 0 Å². The van der Waals surface area contributed by atoms with Crippen LogP contribution >= 0.6 is 0 Å². The monoisotopic (exact) mass is 552 g/mol. The minimum Gasteiger partial charge on any atom is -0.465 e. The third-order valence-electron chi connectivity index (χ3n) is 7.56. The van der Waals surface area contributed by atoms with E-state index in [1.807, 2.05) is 69.2 Å². The predicted octanol–water partition coefficient (Wildman–Crippen LogP) is 5.19. The molecule has 0 saturated heterocycles. The number of ether oxygens (including phenoxy) is 1. The van der Waals surface area contributed by atoms with Crippen molar-refractivity contribution in [3.05, 3.63) is 94.9 Å². The van der Waals surface area contributed by atoms with Gasteiger partial charge in [-0.15, -0.1) is 0 Å². The highest BCUT2D eigenvalue weighted by Crippen LogP contribution is 2.49. The van der Waals surface area contributed by atoms with E-state index in [-0.39, 0.29) is 11.9 Å². The topological polar surface area (TPSA) is 97.6 Å². The number of pyridine rings is 1. The maximum Gasteiger partial charge on any atom is 0.316 e. The van der Waals surface area contributed by atoms with Crippen LogP contribution in [0.1, 0.15) is 52.8 Å². The van der Waals surface area contributed by atoms with E-state index in [9.17, 15) is 9.59 Å². The third kappa shape index (κ3) is 6.23. The van der Waals surface area contributed by atoms with E-state index in [0.717, 1.165) is 58.6 Å². The maximum absolute atomic E-state index is 12.6. The van der Waals surface area contributed by atoms with Gasteiger partial charge in [-0.05, 0) is 69.6 Å². The molecule has 2 aromatic heterocycles. The standard InChI is InChI=1S/C33H36N4O4/c1-5-40-32(39)33(17-18-33)26-15-13-24(14-16-26)23-9-11-25(12-10-23)30-28(22(2)36-41-30)21-27-7-6-8-29(35-27)31(38)34-19-20-37(3)4/h6-16H,5,17-21H2,1-4H3,(H,34,38). The minimum atomic E-state index is -0.469. The maximum atomic E-state index is 12.6. The lowest BCUT2D eigenvalue weighted by Gasteiger charge is -2.14. The summed E-state index contributed by atoms with van der Waals surface area (Å²) in [5.41, 5.74) is 6.48. The van der Waals surface area contributed by atoms with Crippen LogP contribution in [0.3, 0.4) is 0 Å². The lowest BCUT2D eigenvalue weighted by Crippen LogP contribution is -2.31. The number of benzene rings is 2. The molecular formula is C33H36N4O4. The van der Waals surface area contributed by atoms with Crippen molar-refractivity contribution in [1.29, 1.82) is 0 Å². The van der Waals surface area contributed by atoms with Gasteiger partial charge < -0.3 is 19.5 Å². The second kappa shape index (κ2) is 12.1. The van der Waals surface area contributed by atoms with Gasteiger partial charge in [0.2, 0.25) is 0 Å². The van der Waals surface area contributed by atoms with Crippen molar-refractivity contribution in [3.8, 4) is 22.5 Å². The van der Waals surface area contributed by atoms with E-state index >= 15 is 0 Å². The Morgan fingerprint density at radius 2 is 1.63 bits per heavy atom. The van der Waals surface area contributed by atoms with Gasteiger partial charge in [-0.25, -0.2) is 4.98 Å². The molecule has 0 aliphatic heterocycles. The van der Waals surface area contributed by atoms with Crippen LogP contribution in [0.4, 0.5) is 0 Å². The number of carbonyl (C=O) groups excluding carboxylic acids is 2. The van der Waals surface area contributed by atoms with Crippen molar-refractivity contribution < 1.29 is 18.8 Å². The average Bonchev–Trinajstić information content (AvgIpc) is 3.72. The van der Waals surface area contributed by atoms with Crippen LogP contribution in [-0.4, -0.2) is 60.7 Å². The van der Waals surface area contributed by atoms with Gasteiger partial charge in [-0.2, -0.15) is 0 Å². The van der Waals surface area contributed by atoms with Gasteiger partial charge in [0.1, 0.15) is 5.69 Å². The summed E-state index contributed by atoms with van der Waals surface area (Å²) < 4.78 is 11.1. The highest BCUT2D eigenvalue weighted by molar-refractivity contribution is 5.92. The molecule has 1 fully saturated rings. The smallest absolute Gasteiger partial charge is 0.316 e. The Balaban J connectivity index is 1.30. The number of nitrogens with one attached hydrogen (secondary N) is 1. The van der Waals surface area contributed by atoms with Crippen LogP contribution in [0.5, 0.6) is 0 Å². The van der Waals surface area contributed by atoms with Gasteiger partial charge in [-0.1, -0.05) is 59.8 Å². The summed E-state index contributed by atoms with van der Waals surface area (Å²) in [4.78, 5) is 31.6. The largest absolute Gasteiger partial charge is 0.465 e. The number of amides is 1. The Morgan fingerprint density at radius 3 is 2.27 bits per heavy atom. The van der Waals surface area contributed by atoms with Crippen LogP contribution in [0.15, 0.2) is 71.3 Å². The summed E-state index contributed by atoms with van der Waals surface area (Å²) in [5.74, 6) is 0.380. The molecule has 41 heavy (non-hydrogen) atoms. The summed E-state index contributed by atoms with van der Waals surface area (Å²) in [6.45, 7) is 5.47. The number of carbonyl (C=O) groups is 2. The zero-order valence-corrected chi connectivity index (χ0v) is 24.1. The molecule has 0 spiro atoms. The molecule has 8 heteroatoms. The van der Waals surface area contributed by atoms with E-state index in [0.29, 0.717) is 31.0 Å². The molecule has 0 radical (unpaired) electrons. The molecule has 0 atom stereocenters. The van der Waals surface area contributed by atoms with E-state index in [1.165, 1.54) is 0 Å². The number of rotatable bonds is 11. The second-order valence-electron chi connectivity index (χ2n) is 10.8. The molecule has 1 saturated carbocycles. The Kier molecular flexibility index (Phi) is 8.31. The summed E-state index contributed by atoms with van der Waals surface area (Å²) in [6, 6.07) is 21.8. The lowest BCUT2D eigenvalue weighted by molar-refractivity contribution is -0.146. The fourth-order valence-corrected chi connectivity index (χ4v) is 4.99. The number of likely N-dealkylation sites (N-methyl/N-ethyl adjacent to an activating group) is 1.